The molecule has 31 heavy (non-hydrogen) atoms. The van der Waals surface area contributed by atoms with E-state index in [9.17, 15) is 9.59 Å². The van der Waals surface area contributed by atoms with Gasteiger partial charge in [0.1, 0.15) is 16.9 Å². The SMILES string of the molecule is O=C(COc1cc2ccccc2cc1C(=O)Nc1nnc(C2CCCO2)s1)NC1CC1. The number of ether oxygens (including phenoxy) is 2. The second-order valence-corrected chi connectivity index (χ2v) is 8.74. The van der Waals surface area contributed by atoms with Crippen molar-refractivity contribution in [1.29, 1.82) is 0 Å². The number of carbonyl (C=O) groups is 2. The van der Waals surface area contributed by atoms with Crippen LogP contribution in [0.15, 0.2) is 36.4 Å². The summed E-state index contributed by atoms with van der Waals surface area (Å²) in [6.45, 7) is 0.579. The largest absolute Gasteiger partial charge is 0.483 e. The Morgan fingerprint density at radius 2 is 1.94 bits per heavy atom. The summed E-state index contributed by atoms with van der Waals surface area (Å²) < 4.78 is 11.4. The summed E-state index contributed by atoms with van der Waals surface area (Å²) >= 11 is 1.31. The topological polar surface area (TPSA) is 102 Å². The third kappa shape index (κ3) is 4.67. The van der Waals surface area contributed by atoms with E-state index in [1.165, 1.54) is 11.3 Å². The lowest BCUT2D eigenvalue weighted by molar-refractivity contribution is -0.123. The monoisotopic (exact) mass is 438 g/mol. The Kier molecular flexibility index (Phi) is 5.52. The molecule has 2 heterocycles. The van der Waals surface area contributed by atoms with Gasteiger partial charge in [-0.05, 0) is 48.6 Å². The molecule has 1 saturated carbocycles. The van der Waals surface area contributed by atoms with Crippen molar-refractivity contribution in [3.63, 3.8) is 0 Å². The average Bonchev–Trinajstić information content (AvgIpc) is 3.23. The standard InChI is InChI=1S/C22H22N4O4S/c27-19(23-15-7-8-15)12-30-18-11-14-5-2-1-4-13(14)10-16(18)20(28)24-22-26-25-21(31-22)17-6-3-9-29-17/h1-2,4-5,10-11,15,17H,3,6-9,12H2,(H,23,27)(H,24,26,28). The Labute approximate surface area is 183 Å². The van der Waals surface area contributed by atoms with Gasteiger partial charge in [-0.2, -0.15) is 0 Å². The lowest BCUT2D eigenvalue weighted by Crippen LogP contribution is -2.30. The van der Waals surface area contributed by atoms with Gasteiger partial charge in [-0.15, -0.1) is 10.2 Å². The zero-order valence-corrected chi connectivity index (χ0v) is 17.6. The third-order valence-electron chi connectivity index (χ3n) is 5.26. The number of anilines is 1. The van der Waals surface area contributed by atoms with Crippen molar-refractivity contribution in [2.75, 3.05) is 18.5 Å². The van der Waals surface area contributed by atoms with Crippen LogP contribution in [0, 0.1) is 0 Å². The van der Waals surface area contributed by atoms with Crippen LogP contribution in [0.2, 0.25) is 0 Å². The number of nitrogens with one attached hydrogen (secondary N) is 2. The minimum Gasteiger partial charge on any atom is -0.483 e. The molecule has 1 unspecified atom stereocenters. The first-order valence-corrected chi connectivity index (χ1v) is 11.2. The molecule has 0 spiro atoms. The highest BCUT2D eigenvalue weighted by atomic mass is 32.1. The molecule has 9 heteroatoms. The fourth-order valence-corrected chi connectivity index (χ4v) is 4.33. The predicted molar refractivity (Wildman–Crippen MR) is 116 cm³/mol. The van der Waals surface area contributed by atoms with E-state index in [1.807, 2.05) is 24.3 Å². The van der Waals surface area contributed by atoms with E-state index in [2.05, 4.69) is 20.8 Å². The first kappa shape index (κ1) is 19.9. The molecular weight excluding hydrogens is 416 g/mol. The molecule has 3 aromatic rings. The van der Waals surface area contributed by atoms with E-state index < -0.39 is 0 Å². The Balaban J connectivity index is 1.36. The third-order valence-corrected chi connectivity index (χ3v) is 6.19. The van der Waals surface area contributed by atoms with Crippen molar-refractivity contribution in [3.05, 3.63) is 47.0 Å². The molecule has 5 rings (SSSR count). The van der Waals surface area contributed by atoms with Gasteiger partial charge in [0.25, 0.3) is 11.8 Å². The lowest BCUT2D eigenvalue weighted by atomic mass is 10.1. The van der Waals surface area contributed by atoms with Crippen molar-refractivity contribution in [2.45, 2.75) is 37.8 Å². The molecule has 1 atom stereocenters. The maximum Gasteiger partial charge on any atom is 0.261 e. The maximum atomic E-state index is 13.1. The van der Waals surface area contributed by atoms with Crippen molar-refractivity contribution in [3.8, 4) is 5.75 Å². The molecular formula is C22H22N4O4S. The summed E-state index contributed by atoms with van der Waals surface area (Å²) in [5, 5.41) is 16.9. The first-order chi connectivity index (χ1) is 15.2. The van der Waals surface area contributed by atoms with Gasteiger partial charge in [0, 0.05) is 12.6 Å². The number of rotatable bonds is 7. The predicted octanol–water partition coefficient (Wildman–Crippen LogP) is 3.45. The molecule has 1 aliphatic carbocycles. The first-order valence-electron chi connectivity index (χ1n) is 10.4. The minimum atomic E-state index is -0.363. The van der Waals surface area contributed by atoms with Crippen LogP contribution in [0.1, 0.15) is 47.2 Å². The highest BCUT2D eigenvalue weighted by Crippen LogP contribution is 2.33. The van der Waals surface area contributed by atoms with Gasteiger partial charge in [0.05, 0.1) is 5.56 Å². The zero-order valence-electron chi connectivity index (χ0n) is 16.8. The molecule has 160 valence electrons. The number of hydrogen-bond acceptors (Lipinski definition) is 7. The molecule has 0 radical (unpaired) electrons. The number of aromatic nitrogens is 2. The number of benzene rings is 2. The Morgan fingerprint density at radius 3 is 2.68 bits per heavy atom. The molecule has 2 aromatic carbocycles. The fraction of sp³-hybridized carbons (Fsp3) is 0.364. The van der Waals surface area contributed by atoms with Crippen molar-refractivity contribution < 1.29 is 19.1 Å². The zero-order chi connectivity index (χ0) is 21.2. The second-order valence-electron chi connectivity index (χ2n) is 7.73. The van der Waals surface area contributed by atoms with Crippen LogP contribution in [0.4, 0.5) is 5.13 Å². The summed E-state index contributed by atoms with van der Waals surface area (Å²) in [5.41, 5.74) is 0.340. The highest BCUT2D eigenvalue weighted by Gasteiger charge is 2.25. The van der Waals surface area contributed by atoms with Gasteiger partial charge >= 0.3 is 0 Å². The van der Waals surface area contributed by atoms with Gasteiger partial charge in [-0.3, -0.25) is 14.9 Å². The van der Waals surface area contributed by atoms with Gasteiger partial charge in [-0.25, -0.2) is 0 Å². The number of nitrogens with zero attached hydrogens (tertiary/aromatic N) is 2. The Morgan fingerprint density at radius 1 is 1.13 bits per heavy atom. The summed E-state index contributed by atoms with van der Waals surface area (Å²) in [7, 11) is 0. The van der Waals surface area contributed by atoms with Crippen LogP contribution in [-0.4, -0.2) is 41.3 Å². The number of fused-ring (bicyclic) bond motifs is 1. The summed E-state index contributed by atoms with van der Waals surface area (Å²) in [6, 6.07) is 11.5. The van der Waals surface area contributed by atoms with Crippen molar-refractivity contribution >= 4 is 39.1 Å². The van der Waals surface area contributed by atoms with E-state index in [0.29, 0.717) is 16.4 Å². The van der Waals surface area contributed by atoms with Crippen LogP contribution in [0.3, 0.4) is 0 Å². The molecule has 1 aromatic heterocycles. The summed E-state index contributed by atoms with van der Waals surface area (Å²) in [6.07, 6.45) is 3.87. The number of amides is 2. The van der Waals surface area contributed by atoms with Crippen molar-refractivity contribution in [1.82, 2.24) is 15.5 Å². The number of carbonyl (C=O) groups excluding carboxylic acids is 2. The van der Waals surface area contributed by atoms with Gasteiger partial charge in [0.15, 0.2) is 6.61 Å². The quantitative estimate of drug-likeness (QED) is 0.586. The van der Waals surface area contributed by atoms with Crippen LogP contribution < -0.4 is 15.4 Å². The Bertz CT molecular complexity index is 1120. The van der Waals surface area contributed by atoms with E-state index in [4.69, 9.17) is 9.47 Å². The maximum absolute atomic E-state index is 13.1. The summed E-state index contributed by atoms with van der Waals surface area (Å²) in [4.78, 5) is 25.1. The molecule has 1 aliphatic heterocycles. The average molecular weight is 439 g/mol. The molecule has 0 bridgehead atoms. The van der Waals surface area contributed by atoms with Gasteiger partial charge in [-0.1, -0.05) is 35.6 Å². The smallest absolute Gasteiger partial charge is 0.261 e. The second kappa shape index (κ2) is 8.60. The van der Waals surface area contributed by atoms with Gasteiger partial charge < -0.3 is 14.8 Å². The van der Waals surface area contributed by atoms with E-state index in [1.54, 1.807) is 12.1 Å². The molecule has 2 aliphatic rings. The van der Waals surface area contributed by atoms with Crippen LogP contribution in [-0.2, 0) is 9.53 Å². The van der Waals surface area contributed by atoms with Crippen molar-refractivity contribution in [2.24, 2.45) is 0 Å². The molecule has 8 nitrogen and oxygen atoms in total. The van der Waals surface area contributed by atoms with E-state index in [-0.39, 0.29) is 30.6 Å². The van der Waals surface area contributed by atoms with E-state index >= 15 is 0 Å². The Hall–Kier alpha value is -3.04. The normalized spacial score (nSPS) is 18.1. The van der Waals surface area contributed by atoms with Gasteiger partial charge in [0.2, 0.25) is 5.13 Å². The van der Waals surface area contributed by atoms with Crippen LogP contribution in [0.5, 0.6) is 5.75 Å². The van der Waals surface area contributed by atoms with E-state index in [0.717, 1.165) is 48.1 Å². The van der Waals surface area contributed by atoms with Crippen LogP contribution >= 0.6 is 11.3 Å². The molecule has 1 saturated heterocycles. The van der Waals surface area contributed by atoms with Crippen LogP contribution in [0.25, 0.3) is 10.8 Å². The minimum absolute atomic E-state index is 0.0484. The summed E-state index contributed by atoms with van der Waals surface area (Å²) in [5.74, 6) is -0.197. The molecule has 2 N–H and O–H groups in total. The molecule has 2 amide bonds. The lowest BCUT2D eigenvalue weighted by Gasteiger charge is -2.13. The highest BCUT2D eigenvalue weighted by molar-refractivity contribution is 7.15. The molecule has 2 fully saturated rings. The fourth-order valence-electron chi connectivity index (χ4n) is 3.51. The number of hydrogen-bond donors (Lipinski definition) is 2.